The molecular formula is C20H21F3N2O4S. The van der Waals surface area contributed by atoms with Crippen molar-refractivity contribution in [1.82, 2.24) is 9.62 Å². The van der Waals surface area contributed by atoms with E-state index in [4.69, 9.17) is 0 Å². The molecule has 0 radical (unpaired) electrons. The number of nitrogens with zero attached hydrogens (tertiary/aromatic N) is 1. The van der Waals surface area contributed by atoms with Gasteiger partial charge in [0.25, 0.3) is 0 Å². The van der Waals surface area contributed by atoms with Crippen molar-refractivity contribution in [2.75, 3.05) is 13.1 Å². The minimum Gasteiger partial charge on any atom is -0.508 e. The number of aromatic hydroxyl groups is 1. The van der Waals surface area contributed by atoms with Crippen LogP contribution >= 0.6 is 0 Å². The number of para-hydroxylation sites is 1. The molecule has 2 N–H and O–H groups in total. The van der Waals surface area contributed by atoms with Gasteiger partial charge in [-0.15, -0.1) is 0 Å². The summed E-state index contributed by atoms with van der Waals surface area (Å²) in [5, 5.41) is 12.5. The molecule has 0 aromatic heterocycles. The molecule has 6 nitrogen and oxygen atoms in total. The molecule has 0 saturated carbocycles. The SMILES string of the molecule is O=C(NCc1ccccc1O)C1CCN(S(=O)(=O)c2ccc(C(F)(F)F)cc2)CC1. The Bertz CT molecular complexity index is 999. The summed E-state index contributed by atoms with van der Waals surface area (Å²) in [4.78, 5) is 12.2. The molecule has 2 aromatic carbocycles. The number of nitrogens with one attached hydrogen (secondary N) is 1. The van der Waals surface area contributed by atoms with E-state index in [2.05, 4.69) is 5.32 Å². The van der Waals surface area contributed by atoms with E-state index in [1.54, 1.807) is 18.2 Å². The van der Waals surface area contributed by atoms with Crippen LogP contribution in [0.1, 0.15) is 24.0 Å². The second kappa shape index (κ2) is 8.65. The number of alkyl halides is 3. The lowest BCUT2D eigenvalue weighted by Gasteiger charge is -2.30. The van der Waals surface area contributed by atoms with Crippen LogP contribution in [-0.2, 0) is 27.5 Å². The molecule has 1 fully saturated rings. The minimum absolute atomic E-state index is 0.0789. The Hall–Kier alpha value is -2.59. The zero-order chi connectivity index (χ0) is 21.9. The number of rotatable bonds is 5. The number of phenolic OH excluding ortho intramolecular Hbond substituents is 1. The van der Waals surface area contributed by atoms with Gasteiger partial charge in [-0.25, -0.2) is 8.42 Å². The predicted octanol–water partition coefficient (Wildman–Crippen LogP) is 3.13. The fourth-order valence-corrected chi connectivity index (χ4v) is 4.78. The molecule has 0 unspecified atom stereocenters. The second-order valence-corrected chi connectivity index (χ2v) is 8.98. The fourth-order valence-electron chi connectivity index (χ4n) is 3.31. The average Bonchev–Trinajstić information content (AvgIpc) is 2.72. The number of hydrogen-bond acceptors (Lipinski definition) is 4. The van der Waals surface area contributed by atoms with Gasteiger partial charge in [-0.3, -0.25) is 4.79 Å². The molecule has 30 heavy (non-hydrogen) atoms. The minimum atomic E-state index is -4.54. The highest BCUT2D eigenvalue weighted by Gasteiger charge is 2.34. The highest BCUT2D eigenvalue weighted by atomic mass is 32.2. The lowest BCUT2D eigenvalue weighted by molar-refractivity contribution is -0.137. The third-order valence-electron chi connectivity index (χ3n) is 5.09. The van der Waals surface area contributed by atoms with Gasteiger partial charge in [0.15, 0.2) is 0 Å². The van der Waals surface area contributed by atoms with Crippen molar-refractivity contribution in [2.24, 2.45) is 5.92 Å². The van der Waals surface area contributed by atoms with Crippen molar-refractivity contribution < 1.29 is 31.5 Å². The van der Waals surface area contributed by atoms with Gasteiger partial charge in [-0.2, -0.15) is 17.5 Å². The first-order chi connectivity index (χ1) is 14.1. The Balaban J connectivity index is 1.57. The average molecular weight is 442 g/mol. The van der Waals surface area contributed by atoms with Crippen molar-refractivity contribution >= 4 is 15.9 Å². The lowest BCUT2D eigenvalue weighted by atomic mass is 9.97. The maximum atomic E-state index is 12.7. The van der Waals surface area contributed by atoms with Gasteiger partial charge in [-0.1, -0.05) is 18.2 Å². The van der Waals surface area contributed by atoms with E-state index in [9.17, 15) is 31.5 Å². The Morgan fingerprint density at radius 1 is 1.07 bits per heavy atom. The van der Waals surface area contributed by atoms with E-state index in [0.29, 0.717) is 18.4 Å². The molecule has 0 aliphatic carbocycles. The Morgan fingerprint density at radius 2 is 1.67 bits per heavy atom. The van der Waals surface area contributed by atoms with Crippen LogP contribution in [0.2, 0.25) is 0 Å². The molecule has 0 bridgehead atoms. The van der Waals surface area contributed by atoms with Crippen LogP contribution in [0.3, 0.4) is 0 Å². The van der Waals surface area contributed by atoms with Crippen LogP contribution in [0.15, 0.2) is 53.4 Å². The van der Waals surface area contributed by atoms with Gasteiger partial charge in [0.2, 0.25) is 15.9 Å². The van der Waals surface area contributed by atoms with E-state index in [0.717, 1.165) is 24.3 Å². The van der Waals surface area contributed by atoms with Gasteiger partial charge in [0, 0.05) is 31.1 Å². The number of sulfonamides is 1. The van der Waals surface area contributed by atoms with Gasteiger partial charge in [-0.05, 0) is 43.2 Å². The highest BCUT2D eigenvalue weighted by Crippen LogP contribution is 2.31. The second-order valence-electron chi connectivity index (χ2n) is 7.05. The van der Waals surface area contributed by atoms with Crippen LogP contribution in [0.25, 0.3) is 0 Å². The largest absolute Gasteiger partial charge is 0.508 e. The van der Waals surface area contributed by atoms with Crippen molar-refractivity contribution in [3.8, 4) is 5.75 Å². The van der Waals surface area contributed by atoms with Crippen molar-refractivity contribution in [3.05, 3.63) is 59.7 Å². The van der Waals surface area contributed by atoms with Gasteiger partial charge >= 0.3 is 6.18 Å². The van der Waals surface area contributed by atoms with Gasteiger partial charge < -0.3 is 10.4 Å². The lowest BCUT2D eigenvalue weighted by Crippen LogP contribution is -2.42. The Morgan fingerprint density at radius 3 is 2.23 bits per heavy atom. The number of carbonyl (C=O) groups excluding carboxylic acids is 1. The summed E-state index contributed by atoms with van der Waals surface area (Å²) >= 11 is 0. The molecule has 10 heteroatoms. The van der Waals surface area contributed by atoms with Crippen molar-refractivity contribution in [3.63, 3.8) is 0 Å². The van der Waals surface area contributed by atoms with E-state index < -0.39 is 21.8 Å². The van der Waals surface area contributed by atoms with Crippen LogP contribution in [0.4, 0.5) is 13.2 Å². The number of halogens is 3. The molecule has 1 heterocycles. The molecule has 1 saturated heterocycles. The summed E-state index contributed by atoms with van der Waals surface area (Å²) < 4.78 is 64.6. The number of hydrogen-bond donors (Lipinski definition) is 2. The molecule has 1 aliphatic heterocycles. The third kappa shape index (κ3) is 4.93. The molecule has 0 atom stereocenters. The zero-order valence-corrected chi connectivity index (χ0v) is 16.7. The maximum Gasteiger partial charge on any atom is 0.416 e. The first-order valence-electron chi connectivity index (χ1n) is 9.31. The first-order valence-corrected chi connectivity index (χ1v) is 10.7. The van der Waals surface area contributed by atoms with Crippen LogP contribution in [-0.4, -0.2) is 36.8 Å². The molecule has 2 aromatic rings. The zero-order valence-electron chi connectivity index (χ0n) is 15.9. The van der Waals surface area contributed by atoms with E-state index in [1.165, 1.54) is 10.4 Å². The first kappa shape index (κ1) is 22.1. The van der Waals surface area contributed by atoms with E-state index in [1.807, 2.05) is 0 Å². The number of carbonyl (C=O) groups is 1. The molecule has 1 aliphatic rings. The van der Waals surface area contributed by atoms with E-state index >= 15 is 0 Å². The molecular weight excluding hydrogens is 421 g/mol. The Kier molecular flexibility index (Phi) is 6.37. The summed E-state index contributed by atoms with van der Waals surface area (Å²) in [6.45, 7) is 0.353. The number of phenols is 1. The smallest absolute Gasteiger partial charge is 0.416 e. The normalized spacial score (nSPS) is 16.4. The van der Waals surface area contributed by atoms with Crippen LogP contribution in [0.5, 0.6) is 5.75 Å². The third-order valence-corrected chi connectivity index (χ3v) is 7.00. The summed E-state index contributed by atoms with van der Waals surface area (Å²) in [7, 11) is -3.93. The standard InChI is InChI=1S/C20H21F3N2O4S/c21-20(22,23)16-5-7-17(8-6-16)30(28,29)25-11-9-14(10-12-25)19(27)24-13-15-3-1-2-4-18(15)26/h1-8,14,26H,9-13H2,(H,24,27). The summed E-state index contributed by atoms with van der Waals surface area (Å²) in [5.74, 6) is -0.532. The monoisotopic (exact) mass is 442 g/mol. The number of piperidine rings is 1. The van der Waals surface area contributed by atoms with E-state index in [-0.39, 0.29) is 42.1 Å². The molecule has 1 amide bonds. The predicted molar refractivity (Wildman–Crippen MR) is 103 cm³/mol. The quantitative estimate of drug-likeness (QED) is 0.745. The molecule has 162 valence electrons. The van der Waals surface area contributed by atoms with Crippen LogP contribution in [0, 0.1) is 5.92 Å². The summed E-state index contributed by atoms with van der Waals surface area (Å²) in [5.41, 5.74) is -0.338. The highest BCUT2D eigenvalue weighted by molar-refractivity contribution is 7.89. The molecule has 0 spiro atoms. The number of benzene rings is 2. The topological polar surface area (TPSA) is 86.7 Å². The maximum absolute atomic E-state index is 12.7. The van der Waals surface area contributed by atoms with Gasteiger partial charge in [0.05, 0.1) is 10.5 Å². The summed E-state index contributed by atoms with van der Waals surface area (Å²) in [6, 6.07) is 10.0. The van der Waals surface area contributed by atoms with Crippen molar-refractivity contribution in [2.45, 2.75) is 30.5 Å². The van der Waals surface area contributed by atoms with Gasteiger partial charge in [0.1, 0.15) is 5.75 Å². The van der Waals surface area contributed by atoms with Crippen LogP contribution < -0.4 is 5.32 Å². The number of amides is 1. The Labute approximate surface area is 172 Å². The molecule has 3 rings (SSSR count). The van der Waals surface area contributed by atoms with Crippen molar-refractivity contribution in [1.29, 1.82) is 0 Å². The fraction of sp³-hybridized carbons (Fsp3) is 0.350. The summed E-state index contributed by atoms with van der Waals surface area (Å²) in [6.07, 6.45) is -3.94.